The maximum Gasteiger partial charge on any atom is 0.501 e. The number of carbonyl (C=O) groups excluding carboxylic acids is 2. The maximum absolute atomic E-state index is 13.0. The number of sulfone groups is 1. The Balaban J connectivity index is 1.85. The van der Waals surface area contributed by atoms with Gasteiger partial charge in [-0.2, -0.15) is 13.2 Å². The molecule has 3 aromatic carbocycles. The highest BCUT2D eigenvalue weighted by Crippen LogP contribution is 2.31. The largest absolute Gasteiger partial charge is 0.501 e. The third-order valence-electron chi connectivity index (χ3n) is 4.79. The van der Waals surface area contributed by atoms with E-state index in [-0.39, 0.29) is 23.2 Å². The van der Waals surface area contributed by atoms with Crippen LogP contribution in [0.1, 0.15) is 33.2 Å². The molecule has 3 aromatic rings. The highest BCUT2D eigenvalue weighted by Gasteiger charge is 2.46. The minimum atomic E-state index is -5.53. The lowest BCUT2D eigenvalue weighted by Crippen LogP contribution is -2.23. The van der Waals surface area contributed by atoms with Gasteiger partial charge in [-0.1, -0.05) is 43.3 Å². The SMILES string of the molecule is CCSc1ccccc1C(=O)Nc1ccccc1C(=O)Cc1cccc(S(=O)(=O)C(F)(F)F)c1. The highest BCUT2D eigenvalue weighted by molar-refractivity contribution is 7.99. The zero-order valence-corrected chi connectivity index (χ0v) is 19.6. The number of carbonyl (C=O) groups is 2. The van der Waals surface area contributed by atoms with E-state index in [1.165, 1.54) is 23.9 Å². The molecule has 0 heterocycles. The summed E-state index contributed by atoms with van der Waals surface area (Å²) in [7, 11) is -5.53. The molecule has 0 radical (unpaired) electrons. The van der Waals surface area contributed by atoms with Gasteiger partial charge in [0.1, 0.15) is 0 Å². The van der Waals surface area contributed by atoms with Crippen LogP contribution >= 0.6 is 11.8 Å². The Bertz CT molecular complexity index is 1320. The molecule has 0 aliphatic rings. The van der Waals surface area contributed by atoms with E-state index in [0.717, 1.165) is 28.8 Å². The number of hydrogen-bond acceptors (Lipinski definition) is 5. The summed E-state index contributed by atoms with van der Waals surface area (Å²) < 4.78 is 62.0. The summed E-state index contributed by atoms with van der Waals surface area (Å²) in [6.45, 7) is 1.96. The standard InChI is InChI=1S/C24H20F3NO4S2/c1-2-33-22-13-6-4-11-19(22)23(30)28-20-12-5-3-10-18(20)21(29)15-16-8-7-9-17(14-16)34(31,32)24(25,26)27/h3-14H,2,15H2,1H3,(H,28,30). The van der Waals surface area contributed by atoms with Gasteiger partial charge in [0.25, 0.3) is 15.7 Å². The number of amides is 1. The van der Waals surface area contributed by atoms with Crippen LogP contribution in [0.5, 0.6) is 0 Å². The number of nitrogens with one attached hydrogen (secondary N) is 1. The van der Waals surface area contributed by atoms with Gasteiger partial charge in [-0.15, -0.1) is 11.8 Å². The van der Waals surface area contributed by atoms with Crippen molar-refractivity contribution >= 4 is 39.0 Å². The van der Waals surface area contributed by atoms with Gasteiger partial charge in [-0.25, -0.2) is 8.42 Å². The average molecular weight is 508 g/mol. The quantitative estimate of drug-likeness (QED) is 0.309. The second-order valence-electron chi connectivity index (χ2n) is 7.13. The fraction of sp³-hybridized carbons (Fsp3) is 0.167. The first-order valence-electron chi connectivity index (χ1n) is 10.1. The first-order chi connectivity index (χ1) is 16.0. The van der Waals surface area contributed by atoms with E-state index in [1.54, 1.807) is 30.3 Å². The molecule has 0 spiro atoms. The molecule has 1 amide bonds. The highest BCUT2D eigenvalue weighted by atomic mass is 32.2. The fourth-order valence-corrected chi connectivity index (χ4v) is 4.83. The Morgan fingerprint density at radius 1 is 0.912 bits per heavy atom. The zero-order valence-electron chi connectivity index (χ0n) is 17.9. The van der Waals surface area contributed by atoms with E-state index in [4.69, 9.17) is 0 Å². The summed E-state index contributed by atoms with van der Waals surface area (Å²) in [5.41, 5.74) is -4.50. The Kier molecular flexibility index (Phi) is 7.83. The Morgan fingerprint density at radius 2 is 1.56 bits per heavy atom. The van der Waals surface area contributed by atoms with Crippen LogP contribution in [-0.4, -0.2) is 31.4 Å². The number of benzene rings is 3. The topological polar surface area (TPSA) is 80.3 Å². The lowest BCUT2D eigenvalue weighted by atomic mass is 10.0. The first kappa shape index (κ1) is 25.5. The molecule has 0 aromatic heterocycles. The summed E-state index contributed by atoms with van der Waals surface area (Å²) in [6, 6.07) is 17.5. The van der Waals surface area contributed by atoms with Gasteiger partial charge >= 0.3 is 5.51 Å². The van der Waals surface area contributed by atoms with Crippen LogP contribution in [0.4, 0.5) is 18.9 Å². The lowest BCUT2D eigenvalue weighted by molar-refractivity contribution is -0.0436. The number of alkyl halides is 3. The van der Waals surface area contributed by atoms with Crippen LogP contribution in [-0.2, 0) is 16.3 Å². The molecule has 0 saturated carbocycles. The zero-order chi connectivity index (χ0) is 24.9. The first-order valence-corrected chi connectivity index (χ1v) is 12.6. The number of anilines is 1. The Morgan fingerprint density at radius 3 is 2.24 bits per heavy atom. The Labute approximate surface area is 199 Å². The third kappa shape index (κ3) is 5.68. The monoisotopic (exact) mass is 507 g/mol. The van der Waals surface area contributed by atoms with Crippen molar-refractivity contribution in [1.29, 1.82) is 0 Å². The molecule has 0 unspecified atom stereocenters. The van der Waals surface area contributed by atoms with Crippen molar-refractivity contribution in [2.75, 3.05) is 11.1 Å². The molecule has 34 heavy (non-hydrogen) atoms. The van der Waals surface area contributed by atoms with Crippen molar-refractivity contribution in [1.82, 2.24) is 0 Å². The molecule has 178 valence electrons. The van der Waals surface area contributed by atoms with Crippen molar-refractivity contribution in [2.45, 2.75) is 28.6 Å². The molecule has 0 bridgehead atoms. The molecule has 10 heteroatoms. The second-order valence-corrected chi connectivity index (χ2v) is 10.4. The molecular formula is C24H20F3NO4S2. The van der Waals surface area contributed by atoms with Crippen LogP contribution in [0.3, 0.4) is 0 Å². The lowest BCUT2D eigenvalue weighted by Gasteiger charge is -2.13. The summed E-state index contributed by atoms with van der Waals surface area (Å²) in [4.78, 5) is 25.7. The fourth-order valence-electron chi connectivity index (χ4n) is 3.20. The molecule has 0 fully saturated rings. The van der Waals surface area contributed by atoms with E-state index < -0.39 is 31.9 Å². The minimum Gasteiger partial charge on any atom is -0.321 e. The van der Waals surface area contributed by atoms with Crippen molar-refractivity contribution in [3.05, 3.63) is 89.5 Å². The van der Waals surface area contributed by atoms with Crippen molar-refractivity contribution < 1.29 is 31.2 Å². The van der Waals surface area contributed by atoms with Gasteiger partial charge in [0, 0.05) is 16.9 Å². The number of thioether (sulfide) groups is 1. The molecule has 0 atom stereocenters. The molecule has 5 nitrogen and oxygen atoms in total. The van der Waals surface area contributed by atoms with E-state index in [1.807, 2.05) is 19.1 Å². The van der Waals surface area contributed by atoms with Crippen molar-refractivity contribution in [3.63, 3.8) is 0 Å². The van der Waals surface area contributed by atoms with E-state index >= 15 is 0 Å². The van der Waals surface area contributed by atoms with E-state index in [0.29, 0.717) is 5.56 Å². The Hall–Kier alpha value is -3.11. The van der Waals surface area contributed by atoms with Gasteiger partial charge < -0.3 is 5.32 Å². The van der Waals surface area contributed by atoms with Gasteiger partial charge in [0.05, 0.1) is 16.1 Å². The van der Waals surface area contributed by atoms with Crippen LogP contribution in [0, 0.1) is 0 Å². The van der Waals surface area contributed by atoms with Gasteiger partial charge in [-0.05, 0) is 47.7 Å². The molecule has 0 aliphatic carbocycles. The smallest absolute Gasteiger partial charge is 0.321 e. The summed E-state index contributed by atoms with van der Waals surface area (Å²) in [6.07, 6.45) is -0.351. The number of rotatable bonds is 8. The second kappa shape index (κ2) is 10.4. The number of Topliss-reactive ketones (excluding diaryl/α,β-unsaturated/α-hetero) is 1. The summed E-state index contributed by atoms with van der Waals surface area (Å²) in [5, 5.41) is 2.73. The van der Waals surface area contributed by atoms with Gasteiger partial charge in [-0.3, -0.25) is 9.59 Å². The normalized spacial score (nSPS) is 11.8. The predicted octanol–water partition coefficient (Wildman–Crippen LogP) is 5.77. The van der Waals surface area contributed by atoms with E-state index in [2.05, 4.69) is 5.32 Å². The van der Waals surface area contributed by atoms with Gasteiger partial charge in [0.15, 0.2) is 5.78 Å². The minimum absolute atomic E-state index is 0.0983. The molecule has 3 rings (SSSR count). The van der Waals surface area contributed by atoms with Crippen LogP contribution < -0.4 is 5.32 Å². The van der Waals surface area contributed by atoms with Crippen LogP contribution in [0.2, 0.25) is 0 Å². The van der Waals surface area contributed by atoms with Crippen molar-refractivity contribution in [3.8, 4) is 0 Å². The number of hydrogen-bond donors (Lipinski definition) is 1. The molecular weight excluding hydrogens is 487 g/mol. The summed E-state index contributed by atoms with van der Waals surface area (Å²) >= 11 is 1.50. The molecule has 1 N–H and O–H groups in total. The summed E-state index contributed by atoms with van der Waals surface area (Å²) in [5.74, 6) is -0.133. The van der Waals surface area contributed by atoms with E-state index in [9.17, 15) is 31.2 Å². The van der Waals surface area contributed by atoms with Crippen LogP contribution in [0.15, 0.2) is 82.6 Å². The molecule has 0 aliphatic heterocycles. The van der Waals surface area contributed by atoms with Crippen molar-refractivity contribution in [2.24, 2.45) is 0 Å². The number of para-hydroxylation sites is 1. The predicted molar refractivity (Wildman–Crippen MR) is 125 cm³/mol. The number of ketones is 1. The maximum atomic E-state index is 13.0. The average Bonchev–Trinajstić information content (AvgIpc) is 2.79. The van der Waals surface area contributed by atoms with Crippen LogP contribution in [0.25, 0.3) is 0 Å². The van der Waals surface area contributed by atoms with Gasteiger partial charge in [0.2, 0.25) is 0 Å². The number of halogens is 3. The molecule has 0 saturated heterocycles. The third-order valence-corrected chi connectivity index (χ3v) is 7.22.